The molecular weight excluding hydrogens is 585 g/mol. The molecule has 224 valence electrons. The van der Waals surface area contributed by atoms with E-state index in [1.54, 1.807) is 0 Å². The van der Waals surface area contributed by atoms with Gasteiger partial charge in [0.1, 0.15) is 22.5 Å². The monoisotopic (exact) mass is 612 g/mol. The summed E-state index contributed by atoms with van der Waals surface area (Å²) in [6.07, 6.45) is 0. The number of hydrogen-bond donors (Lipinski definition) is 0. The van der Waals surface area contributed by atoms with Crippen molar-refractivity contribution in [3.05, 3.63) is 170 Å². The quantitative estimate of drug-likeness (QED) is 0.185. The van der Waals surface area contributed by atoms with Gasteiger partial charge in [-0.05, 0) is 73.1 Å². The molecule has 10 aromatic rings. The van der Waals surface area contributed by atoms with Crippen molar-refractivity contribution in [1.29, 1.82) is 0 Å². The minimum atomic E-state index is 0.820. The molecule has 0 aliphatic carbocycles. The first kappa shape index (κ1) is 26.8. The molecule has 2 nitrogen and oxygen atoms in total. The van der Waals surface area contributed by atoms with Crippen molar-refractivity contribution in [1.82, 2.24) is 0 Å². The van der Waals surface area contributed by atoms with Crippen LogP contribution in [0.3, 0.4) is 0 Å². The first-order valence-electron chi connectivity index (χ1n) is 16.3. The topological polar surface area (TPSA) is 26.3 Å². The molecule has 10 rings (SSSR count). The summed E-state index contributed by atoms with van der Waals surface area (Å²) in [6.45, 7) is 0. The van der Waals surface area contributed by atoms with E-state index < -0.39 is 0 Å². The van der Waals surface area contributed by atoms with Gasteiger partial charge >= 0.3 is 0 Å². The van der Waals surface area contributed by atoms with Crippen molar-refractivity contribution in [2.75, 3.05) is 0 Å². The number of furan rings is 2. The van der Waals surface area contributed by atoms with Crippen LogP contribution in [-0.2, 0) is 0 Å². The van der Waals surface area contributed by atoms with E-state index in [1.165, 1.54) is 49.4 Å². The lowest BCUT2D eigenvalue weighted by atomic mass is 9.84. The van der Waals surface area contributed by atoms with Crippen molar-refractivity contribution in [2.45, 2.75) is 0 Å². The van der Waals surface area contributed by atoms with Gasteiger partial charge in [-0.25, -0.2) is 0 Å². The van der Waals surface area contributed by atoms with Gasteiger partial charge in [-0.3, -0.25) is 0 Å². The summed E-state index contributed by atoms with van der Waals surface area (Å²) in [5.41, 5.74) is 10.8. The Kier molecular flexibility index (Phi) is 5.91. The summed E-state index contributed by atoms with van der Waals surface area (Å²) in [5.74, 6) is 0.854. The highest BCUT2D eigenvalue weighted by Gasteiger charge is 2.21. The highest BCUT2D eigenvalue weighted by molar-refractivity contribution is 6.26. The van der Waals surface area contributed by atoms with Gasteiger partial charge in [0, 0.05) is 27.8 Å². The predicted molar refractivity (Wildman–Crippen MR) is 200 cm³/mol. The summed E-state index contributed by atoms with van der Waals surface area (Å²) >= 11 is 0. The highest BCUT2D eigenvalue weighted by Crippen LogP contribution is 2.47. The van der Waals surface area contributed by atoms with E-state index in [0.717, 1.165) is 49.8 Å². The normalized spacial score (nSPS) is 11.8. The Balaban J connectivity index is 1.22. The Morgan fingerprint density at radius 1 is 0.312 bits per heavy atom. The van der Waals surface area contributed by atoms with Gasteiger partial charge < -0.3 is 8.83 Å². The van der Waals surface area contributed by atoms with Crippen molar-refractivity contribution < 1.29 is 8.83 Å². The van der Waals surface area contributed by atoms with Gasteiger partial charge in [0.15, 0.2) is 0 Å². The third-order valence-electron chi connectivity index (χ3n) is 9.67. The molecule has 0 fully saturated rings. The van der Waals surface area contributed by atoms with Gasteiger partial charge in [0.05, 0.1) is 0 Å². The van der Waals surface area contributed by atoms with Crippen molar-refractivity contribution in [2.24, 2.45) is 0 Å². The van der Waals surface area contributed by atoms with Crippen molar-refractivity contribution in [3.63, 3.8) is 0 Å². The fraction of sp³-hybridized carbons (Fsp3) is 0. The SMILES string of the molecule is c1ccc(-c2ccc(-c3c4ccccc4c(-c4cccc5oc6cc7oc(-c8ccccc8)cc7cc6c45)c4ccccc34)cc2)cc1. The number of rotatable bonds is 4. The Hall–Kier alpha value is -6.38. The van der Waals surface area contributed by atoms with Crippen molar-refractivity contribution >= 4 is 54.5 Å². The molecule has 0 aliphatic heterocycles. The molecule has 0 radical (unpaired) electrons. The molecule has 0 spiro atoms. The first-order chi connectivity index (χ1) is 23.8. The smallest absolute Gasteiger partial charge is 0.139 e. The van der Waals surface area contributed by atoms with Crippen molar-refractivity contribution in [3.8, 4) is 44.7 Å². The molecule has 0 unspecified atom stereocenters. The summed E-state index contributed by atoms with van der Waals surface area (Å²) in [4.78, 5) is 0. The molecular formula is C46H28O2. The van der Waals surface area contributed by atoms with Gasteiger partial charge in [-0.15, -0.1) is 0 Å². The second-order valence-corrected chi connectivity index (χ2v) is 12.4. The second kappa shape index (κ2) is 10.6. The van der Waals surface area contributed by atoms with E-state index in [2.05, 4.69) is 146 Å². The molecule has 2 heteroatoms. The number of fused-ring (bicyclic) bond motifs is 6. The van der Waals surface area contributed by atoms with Crippen LogP contribution in [0.5, 0.6) is 0 Å². The molecule has 2 heterocycles. The summed E-state index contributed by atoms with van der Waals surface area (Å²) < 4.78 is 12.9. The molecule has 0 saturated carbocycles. The average Bonchev–Trinajstić information content (AvgIpc) is 3.74. The molecule has 0 saturated heterocycles. The summed E-state index contributed by atoms with van der Waals surface area (Å²) in [6, 6.07) is 60.3. The number of benzene rings is 8. The Bertz CT molecular complexity index is 2750. The minimum Gasteiger partial charge on any atom is -0.456 e. The molecule has 0 atom stereocenters. The Morgan fingerprint density at radius 2 is 0.875 bits per heavy atom. The van der Waals surface area contributed by atoms with E-state index in [4.69, 9.17) is 8.83 Å². The van der Waals surface area contributed by atoms with E-state index in [1.807, 2.05) is 24.3 Å². The zero-order valence-electron chi connectivity index (χ0n) is 26.0. The maximum Gasteiger partial charge on any atom is 0.139 e. The van der Waals surface area contributed by atoms with E-state index >= 15 is 0 Å². The number of hydrogen-bond acceptors (Lipinski definition) is 2. The predicted octanol–water partition coefficient (Wildman–Crippen LogP) is 13.3. The second-order valence-electron chi connectivity index (χ2n) is 12.4. The van der Waals surface area contributed by atoms with Crippen LogP contribution in [0.4, 0.5) is 0 Å². The van der Waals surface area contributed by atoms with Crippen LogP contribution in [0.1, 0.15) is 0 Å². The third-order valence-corrected chi connectivity index (χ3v) is 9.67. The maximum absolute atomic E-state index is 6.54. The van der Waals surface area contributed by atoms with Crippen LogP contribution in [0.15, 0.2) is 179 Å². The minimum absolute atomic E-state index is 0.820. The van der Waals surface area contributed by atoms with E-state index in [-0.39, 0.29) is 0 Å². The lowest BCUT2D eigenvalue weighted by molar-refractivity contribution is 0.628. The largest absolute Gasteiger partial charge is 0.456 e. The van der Waals surface area contributed by atoms with Crippen LogP contribution in [0, 0.1) is 0 Å². The molecule has 8 aromatic carbocycles. The molecule has 0 N–H and O–H groups in total. The molecule has 2 aromatic heterocycles. The van der Waals surface area contributed by atoms with E-state index in [0.29, 0.717) is 0 Å². The van der Waals surface area contributed by atoms with Gasteiger partial charge in [-0.1, -0.05) is 146 Å². The van der Waals surface area contributed by atoms with E-state index in [9.17, 15) is 0 Å². The fourth-order valence-electron chi connectivity index (χ4n) is 7.50. The molecule has 0 aliphatic rings. The van der Waals surface area contributed by atoms with Gasteiger partial charge in [0.2, 0.25) is 0 Å². The summed E-state index contributed by atoms with van der Waals surface area (Å²) in [5, 5.41) is 8.16. The fourth-order valence-corrected chi connectivity index (χ4v) is 7.50. The average molecular weight is 613 g/mol. The lowest BCUT2D eigenvalue weighted by Gasteiger charge is -2.18. The van der Waals surface area contributed by atoms with Gasteiger partial charge in [0.25, 0.3) is 0 Å². The molecule has 48 heavy (non-hydrogen) atoms. The summed E-state index contributed by atoms with van der Waals surface area (Å²) in [7, 11) is 0. The zero-order valence-corrected chi connectivity index (χ0v) is 26.0. The Morgan fingerprint density at radius 3 is 1.54 bits per heavy atom. The van der Waals surface area contributed by atoms with Crippen LogP contribution >= 0.6 is 0 Å². The standard InChI is InChI=1S/C46H28O2/c1-3-12-29(13-4-1)30-22-24-32(25-23-30)44-34-16-7-9-18-36(34)45(37-19-10-8-17-35(37)44)38-20-11-21-40-46(38)39-26-33-27-41(31-14-5-2-6-15-31)48-42(33)28-43(39)47-40/h1-28H. The van der Waals surface area contributed by atoms with Crippen LogP contribution < -0.4 is 0 Å². The molecule has 0 bridgehead atoms. The lowest BCUT2D eigenvalue weighted by Crippen LogP contribution is -1.91. The van der Waals surface area contributed by atoms with Crippen LogP contribution in [0.25, 0.3) is 99.2 Å². The zero-order chi connectivity index (χ0) is 31.6. The highest BCUT2D eigenvalue weighted by atomic mass is 16.3. The first-order valence-corrected chi connectivity index (χ1v) is 16.3. The van der Waals surface area contributed by atoms with Gasteiger partial charge in [-0.2, -0.15) is 0 Å². The maximum atomic E-state index is 6.54. The Labute approximate surface area is 277 Å². The third kappa shape index (κ3) is 4.13. The van der Waals surface area contributed by atoms with Crippen LogP contribution in [-0.4, -0.2) is 0 Å². The molecule has 0 amide bonds. The van der Waals surface area contributed by atoms with Crippen LogP contribution in [0.2, 0.25) is 0 Å².